The molecular formula is C17H24N4O2. The van der Waals surface area contributed by atoms with Crippen molar-refractivity contribution in [2.24, 2.45) is 0 Å². The van der Waals surface area contributed by atoms with Crippen molar-refractivity contribution in [1.82, 2.24) is 20.2 Å². The topological polar surface area (TPSA) is 76.0 Å². The molecule has 0 aliphatic carbocycles. The number of para-hydroxylation sites is 2. The zero-order chi connectivity index (χ0) is 16.7. The maximum atomic E-state index is 12.1. The normalized spacial score (nSPS) is 10.7. The summed E-state index contributed by atoms with van der Waals surface area (Å²) in [5, 5.41) is 5.74. The van der Waals surface area contributed by atoms with Gasteiger partial charge < -0.3 is 15.2 Å². The second kappa shape index (κ2) is 8.31. The van der Waals surface area contributed by atoms with E-state index in [0.29, 0.717) is 25.9 Å². The van der Waals surface area contributed by atoms with Crippen LogP contribution in [0.2, 0.25) is 0 Å². The Labute approximate surface area is 136 Å². The highest BCUT2D eigenvalue weighted by Crippen LogP contribution is 2.16. The SMILES string of the molecule is CCCNC(=O)Cn1c(CCNC(=O)CC)nc2ccccc21. The molecule has 0 fully saturated rings. The number of aromatic nitrogens is 2. The van der Waals surface area contributed by atoms with Gasteiger partial charge in [0.25, 0.3) is 0 Å². The van der Waals surface area contributed by atoms with Crippen LogP contribution in [0.5, 0.6) is 0 Å². The number of amides is 2. The highest BCUT2D eigenvalue weighted by Gasteiger charge is 2.13. The summed E-state index contributed by atoms with van der Waals surface area (Å²) < 4.78 is 1.93. The lowest BCUT2D eigenvalue weighted by Crippen LogP contribution is -2.30. The van der Waals surface area contributed by atoms with Crippen molar-refractivity contribution in [1.29, 1.82) is 0 Å². The summed E-state index contributed by atoms with van der Waals surface area (Å²) in [4.78, 5) is 28.0. The van der Waals surface area contributed by atoms with E-state index in [2.05, 4.69) is 15.6 Å². The number of rotatable bonds is 8. The summed E-state index contributed by atoms with van der Waals surface area (Å²) in [5.74, 6) is 0.816. The summed E-state index contributed by atoms with van der Waals surface area (Å²) in [5.41, 5.74) is 1.81. The number of hydrogen-bond donors (Lipinski definition) is 2. The molecular weight excluding hydrogens is 292 g/mol. The zero-order valence-electron chi connectivity index (χ0n) is 13.8. The second-order valence-corrected chi connectivity index (χ2v) is 5.41. The van der Waals surface area contributed by atoms with Gasteiger partial charge in [-0.05, 0) is 18.6 Å². The van der Waals surface area contributed by atoms with E-state index in [1.54, 1.807) is 0 Å². The van der Waals surface area contributed by atoms with Crippen LogP contribution < -0.4 is 10.6 Å². The van der Waals surface area contributed by atoms with E-state index in [4.69, 9.17) is 0 Å². The Morgan fingerprint density at radius 2 is 1.83 bits per heavy atom. The first kappa shape index (κ1) is 17.0. The van der Waals surface area contributed by atoms with Crippen molar-refractivity contribution >= 4 is 22.8 Å². The van der Waals surface area contributed by atoms with E-state index in [0.717, 1.165) is 23.3 Å². The minimum Gasteiger partial charge on any atom is -0.356 e. The number of hydrogen-bond acceptors (Lipinski definition) is 3. The summed E-state index contributed by atoms with van der Waals surface area (Å²) in [6.45, 7) is 5.29. The fraction of sp³-hybridized carbons (Fsp3) is 0.471. The zero-order valence-corrected chi connectivity index (χ0v) is 13.8. The average Bonchev–Trinajstić information content (AvgIpc) is 2.90. The van der Waals surface area contributed by atoms with Gasteiger partial charge in [0, 0.05) is 25.9 Å². The predicted octanol–water partition coefficient (Wildman–Crippen LogP) is 1.63. The fourth-order valence-electron chi connectivity index (χ4n) is 2.40. The largest absolute Gasteiger partial charge is 0.356 e. The fourth-order valence-corrected chi connectivity index (χ4v) is 2.40. The van der Waals surface area contributed by atoms with Gasteiger partial charge in [-0.2, -0.15) is 0 Å². The van der Waals surface area contributed by atoms with Crippen LogP contribution in [0, 0.1) is 0 Å². The van der Waals surface area contributed by atoms with Gasteiger partial charge in [-0.15, -0.1) is 0 Å². The van der Waals surface area contributed by atoms with Gasteiger partial charge in [-0.1, -0.05) is 26.0 Å². The molecule has 0 spiro atoms. The molecule has 23 heavy (non-hydrogen) atoms. The van der Waals surface area contributed by atoms with Gasteiger partial charge >= 0.3 is 0 Å². The molecule has 2 aromatic rings. The van der Waals surface area contributed by atoms with Crippen molar-refractivity contribution in [2.75, 3.05) is 13.1 Å². The third kappa shape index (κ3) is 4.55. The molecule has 0 saturated carbocycles. The smallest absolute Gasteiger partial charge is 0.240 e. The Kier molecular flexibility index (Phi) is 6.14. The van der Waals surface area contributed by atoms with Crippen molar-refractivity contribution in [2.45, 2.75) is 39.7 Å². The third-order valence-electron chi connectivity index (χ3n) is 3.60. The van der Waals surface area contributed by atoms with Gasteiger partial charge in [0.1, 0.15) is 12.4 Å². The number of benzene rings is 1. The Balaban J connectivity index is 2.16. The first-order valence-electron chi connectivity index (χ1n) is 8.13. The molecule has 2 amide bonds. The van der Waals surface area contributed by atoms with E-state index in [9.17, 15) is 9.59 Å². The van der Waals surface area contributed by atoms with Crippen molar-refractivity contribution in [3.05, 3.63) is 30.1 Å². The number of nitrogens with zero attached hydrogens (tertiary/aromatic N) is 2. The van der Waals surface area contributed by atoms with Gasteiger partial charge in [0.15, 0.2) is 0 Å². The summed E-state index contributed by atoms with van der Waals surface area (Å²) in [6, 6.07) is 7.76. The molecule has 124 valence electrons. The lowest BCUT2D eigenvalue weighted by Gasteiger charge is -2.10. The Hall–Kier alpha value is -2.37. The number of nitrogens with one attached hydrogen (secondary N) is 2. The lowest BCUT2D eigenvalue weighted by atomic mass is 10.3. The number of carbonyl (C=O) groups excluding carboxylic acids is 2. The molecule has 0 aliphatic heterocycles. The van der Waals surface area contributed by atoms with Gasteiger partial charge in [-0.25, -0.2) is 4.98 Å². The van der Waals surface area contributed by atoms with E-state index in [-0.39, 0.29) is 18.4 Å². The Bertz CT molecular complexity index is 678. The number of fused-ring (bicyclic) bond motifs is 1. The minimum atomic E-state index is -0.0196. The van der Waals surface area contributed by atoms with Gasteiger partial charge in [0.05, 0.1) is 11.0 Å². The highest BCUT2D eigenvalue weighted by molar-refractivity contribution is 5.81. The predicted molar refractivity (Wildman–Crippen MR) is 90.0 cm³/mol. The molecule has 6 nitrogen and oxygen atoms in total. The maximum absolute atomic E-state index is 12.1. The molecule has 0 saturated heterocycles. The highest BCUT2D eigenvalue weighted by atomic mass is 16.2. The van der Waals surface area contributed by atoms with Crippen molar-refractivity contribution in [3.63, 3.8) is 0 Å². The van der Waals surface area contributed by atoms with Gasteiger partial charge in [-0.3, -0.25) is 9.59 Å². The van der Waals surface area contributed by atoms with E-state index in [1.807, 2.05) is 42.7 Å². The van der Waals surface area contributed by atoms with Crippen molar-refractivity contribution < 1.29 is 9.59 Å². The molecule has 0 aliphatic rings. The maximum Gasteiger partial charge on any atom is 0.240 e. The van der Waals surface area contributed by atoms with E-state index < -0.39 is 0 Å². The molecule has 6 heteroatoms. The Morgan fingerprint density at radius 1 is 1.09 bits per heavy atom. The second-order valence-electron chi connectivity index (χ2n) is 5.41. The van der Waals surface area contributed by atoms with Crippen LogP contribution in [0.1, 0.15) is 32.5 Å². The summed E-state index contributed by atoms with van der Waals surface area (Å²) in [7, 11) is 0. The lowest BCUT2D eigenvalue weighted by molar-refractivity contribution is -0.122. The van der Waals surface area contributed by atoms with E-state index in [1.165, 1.54) is 0 Å². The minimum absolute atomic E-state index is 0.0196. The number of carbonyl (C=O) groups is 2. The van der Waals surface area contributed by atoms with Crippen LogP contribution in [0.4, 0.5) is 0 Å². The molecule has 0 unspecified atom stereocenters. The van der Waals surface area contributed by atoms with Crippen LogP contribution in [0.15, 0.2) is 24.3 Å². The molecule has 1 heterocycles. The third-order valence-corrected chi connectivity index (χ3v) is 3.60. The van der Waals surface area contributed by atoms with Crippen molar-refractivity contribution in [3.8, 4) is 0 Å². The van der Waals surface area contributed by atoms with Crippen LogP contribution >= 0.6 is 0 Å². The first-order chi connectivity index (χ1) is 11.2. The monoisotopic (exact) mass is 316 g/mol. The van der Waals surface area contributed by atoms with E-state index >= 15 is 0 Å². The summed E-state index contributed by atoms with van der Waals surface area (Å²) >= 11 is 0. The van der Waals surface area contributed by atoms with Crippen LogP contribution in [0.3, 0.4) is 0 Å². The molecule has 0 radical (unpaired) electrons. The van der Waals surface area contributed by atoms with Crippen LogP contribution in [-0.2, 0) is 22.6 Å². The average molecular weight is 316 g/mol. The first-order valence-corrected chi connectivity index (χ1v) is 8.13. The molecule has 2 N–H and O–H groups in total. The quantitative estimate of drug-likeness (QED) is 0.777. The molecule has 1 aromatic carbocycles. The molecule has 1 aromatic heterocycles. The van der Waals surface area contributed by atoms with Crippen LogP contribution in [-0.4, -0.2) is 34.5 Å². The standard InChI is InChI=1S/C17H24N4O2/c1-3-10-18-17(23)12-21-14-8-6-5-7-13(14)20-15(21)9-11-19-16(22)4-2/h5-8H,3-4,9-12H2,1-2H3,(H,18,23)(H,19,22). The number of imidazole rings is 1. The van der Waals surface area contributed by atoms with Crippen LogP contribution in [0.25, 0.3) is 11.0 Å². The molecule has 0 atom stereocenters. The summed E-state index contributed by atoms with van der Waals surface area (Å²) in [6.07, 6.45) is 1.98. The molecule has 2 rings (SSSR count). The Morgan fingerprint density at radius 3 is 2.57 bits per heavy atom. The van der Waals surface area contributed by atoms with Gasteiger partial charge in [0.2, 0.25) is 11.8 Å². The molecule has 0 bridgehead atoms.